The van der Waals surface area contributed by atoms with Crippen LogP contribution >= 0.6 is 0 Å². The second-order valence-electron chi connectivity index (χ2n) is 5.54. The van der Waals surface area contributed by atoms with Crippen LogP contribution in [0.15, 0.2) is 66.4 Å². The van der Waals surface area contributed by atoms with Crippen LogP contribution < -0.4 is 10.6 Å². The van der Waals surface area contributed by atoms with Crippen molar-refractivity contribution in [3.05, 3.63) is 77.5 Å². The first kappa shape index (κ1) is 15.0. The van der Waals surface area contributed by atoms with E-state index in [1.165, 1.54) is 0 Å². The van der Waals surface area contributed by atoms with Crippen molar-refractivity contribution in [2.45, 2.75) is 18.9 Å². The Balaban J connectivity index is 1.81. The quantitative estimate of drug-likeness (QED) is 0.835. The number of benzene rings is 2. The van der Waals surface area contributed by atoms with Gasteiger partial charge in [-0.15, -0.1) is 0 Å². The number of amides is 2. The molecule has 2 aromatic rings. The largest absolute Gasteiger partial charge is 0.348 e. The number of nitrogens with one attached hydrogen (secondary N) is 2. The molecule has 1 aliphatic rings. The number of hydrogen-bond donors (Lipinski definition) is 2. The van der Waals surface area contributed by atoms with Gasteiger partial charge >= 0.3 is 0 Å². The molecule has 0 radical (unpaired) electrons. The lowest BCUT2D eigenvalue weighted by Crippen LogP contribution is -2.35. The molecule has 0 atom stereocenters. The molecule has 23 heavy (non-hydrogen) atoms. The summed E-state index contributed by atoms with van der Waals surface area (Å²) in [5.41, 5.74) is 1.64. The molecule has 0 unspecified atom stereocenters. The fraction of sp³-hybridized carbons (Fsp3) is 0.158. The summed E-state index contributed by atoms with van der Waals surface area (Å²) in [6.45, 7) is 0. The van der Waals surface area contributed by atoms with Crippen LogP contribution in [0.2, 0.25) is 0 Å². The van der Waals surface area contributed by atoms with Gasteiger partial charge in [0.15, 0.2) is 0 Å². The fourth-order valence-corrected chi connectivity index (χ4v) is 2.15. The van der Waals surface area contributed by atoms with E-state index in [-0.39, 0.29) is 23.6 Å². The number of carbonyl (C=O) groups is 2. The Bertz CT molecular complexity index is 720. The van der Waals surface area contributed by atoms with E-state index in [1.807, 2.05) is 36.4 Å². The van der Waals surface area contributed by atoms with Crippen LogP contribution in [0, 0.1) is 0 Å². The first-order chi connectivity index (χ1) is 11.2. The molecule has 0 spiro atoms. The highest BCUT2D eigenvalue weighted by atomic mass is 16.2. The molecule has 1 aliphatic carbocycles. The van der Waals surface area contributed by atoms with Crippen molar-refractivity contribution in [2.75, 3.05) is 0 Å². The molecule has 0 aromatic heterocycles. The van der Waals surface area contributed by atoms with Crippen LogP contribution in [0.3, 0.4) is 0 Å². The van der Waals surface area contributed by atoms with E-state index in [0.717, 1.165) is 18.4 Å². The number of rotatable bonds is 5. The molecule has 0 heterocycles. The molecule has 1 saturated carbocycles. The molecular weight excluding hydrogens is 288 g/mol. The van der Waals surface area contributed by atoms with Crippen molar-refractivity contribution < 1.29 is 9.59 Å². The lowest BCUT2D eigenvalue weighted by atomic mass is 10.1. The molecule has 2 N–H and O–H groups in total. The molecule has 2 amide bonds. The van der Waals surface area contributed by atoms with Crippen molar-refractivity contribution in [2.24, 2.45) is 0 Å². The van der Waals surface area contributed by atoms with E-state index in [2.05, 4.69) is 10.6 Å². The normalized spacial score (nSPS) is 14.2. The van der Waals surface area contributed by atoms with E-state index < -0.39 is 0 Å². The topological polar surface area (TPSA) is 58.2 Å². The Morgan fingerprint density at radius 3 is 2.13 bits per heavy atom. The highest BCUT2D eigenvalue weighted by Crippen LogP contribution is 2.19. The minimum absolute atomic E-state index is 0.232. The molecule has 0 aliphatic heterocycles. The third-order valence-corrected chi connectivity index (χ3v) is 3.55. The zero-order valence-electron chi connectivity index (χ0n) is 12.7. The SMILES string of the molecule is O=C(NC1CC1)C(=Cc1ccccc1)NC(=O)c1ccccc1. The summed E-state index contributed by atoms with van der Waals surface area (Å²) in [6.07, 6.45) is 3.69. The molecule has 0 saturated heterocycles. The van der Waals surface area contributed by atoms with Gasteiger partial charge in [-0.1, -0.05) is 48.5 Å². The summed E-state index contributed by atoms with van der Waals surface area (Å²) < 4.78 is 0. The lowest BCUT2D eigenvalue weighted by Gasteiger charge is -2.10. The van der Waals surface area contributed by atoms with Gasteiger partial charge in [0.2, 0.25) is 0 Å². The van der Waals surface area contributed by atoms with Gasteiger partial charge in [-0.05, 0) is 36.6 Å². The summed E-state index contributed by atoms with van der Waals surface area (Å²) in [5, 5.41) is 5.63. The third-order valence-electron chi connectivity index (χ3n) is 3.55. The fourth-order valence-electron chi connectivity index (χ4n) is 2.15. The maximum absolute atomic E-state index is 12.4. The average molecular weight is 306 g/mol. The van der Waals surface area contributed by atoms with Crippen LogP contribution in [0.1, 0.15) is 28.8 Å². The van der Waals surface area contributed by atoms with Crippen molar-refractivity contribution in [3.8, 4) is 0 Å². The van der Waals surface area contributed by atoms with Gasteiger partial charge in [-0.3, -0.25) is 9.59 Å². The van der Waals surface area contributed by atoms with Gasteiger partial charge in [0, 0.05) is 11.6 Å². The Labute approximate surface area is 135 Å². The molecule has 0 bridgehead atoms. The Morgan fingerprint density at radius 2 is 1.52 bits per heavy atom. The van der Waals surface area contributed by atoms with Crippen LogP contribution in [0.5, 0.6) is 0 Å². The first-order valence-electron chi connectivity index (χ1n) is 7.66. The zero-order valence-corrected chi connectivity index (χ0v) is 12.7. The third kappa shape index (κ3) is 4.30. The van der Waals surface area contributed by atoms with E-state index in [9.17, 15) is 9.59 Å². The van der Waals surface area contributed by atoms with E-state index >= 15 is 0 Å². The van der Waals surface area contributed by atoms with Gasteiger partial charge in [0.1, 0.15) is 5.70 Å². The van der Waals surface area contributed by atoms with Crippen molar-refractivity contribution in [1.29, 1.82) is 0 Å². The smallest absolute Gasteiger partial charge is 0.268 e. The summed E-state index contributed by atoms with van der Waals surface area (Å²) in [4.78, 5) is 24.7. The molecule has 4 nitrogen and oxygen atoms in total. The molecule has 116 valence electrons. The number of hydrogen-bond acceptors (Lipinski definition) is 2. The average Bonchev–Trinajstić information content (AvgIpc) is 3.40. The van der Waals surface area contributed by atoms with E-state index in [1.54, 1.807) is 30.3 Å². The number of carbonyl (C=O) groups excluding carboxylic acids is 2. The summed E-state index contributed by atoms with van der Waals surface area (Å²) in [7, 11) is 0. The Hall–Kier alpha value is -2.88. The van der Waals surface area contributed by atoms with Crippen molar-refractivity contribution in [3.63, 3.8) is 0 Å². The maximum atomic E-state index is 12.4. The van der Waals surface area contributed by atoms with E-state index in [0.29, 0.717) is 5.56 Å². The monoisotopic (exact) mass is 306 g/mol. The summed E-state index contributed by atoms with van der Waals surface area (Å²) >= 11 is 0. The first-order valence-corrected chi connectivity index (χ1v) is 7.66. The highest BCUT2D eigenvalue weighted by Gasteiger charge is 2.25. The van der Waals surface area contributed by atoms with Crippen molar-refractivity contribution >= 4 is 17.9 Å². The molecule has 4 heteroatoms. The van der Waals surface area contributed by atoms with Crippen molar-refractivity contribution in [1.82, 2.24) is 10.6 Å². The van der Waals surface area contributed by atoms with Gasteiger partial charge < -0.3 is 10.6 Å². The standard InChI is InChI=1S/C19H18N2O2/c22-18(15-9-5-2-6-10-15)21-17(19(23)20-16-11-12-16)13-14-7-3-1-4-8-14/h1-10,13,16H,11-12H2,(H,20,23)(H,21,22). The van der Waals surface area contributed by atoms with Crippen LogP contribution in [0.4, 0.5) is 0 Å². The molecule has 1 fully saturated rings. The Morgan fingerprint density at radius 1 is 0.913 bits per heavy atom. The van der Waals surface area contributed by atoms with Crippen LogP contribution in [-0.2, 0) is 4.79 Å². The predicted molar refractivity (Wildman–Crippen MR) is 89.5 cm³/mol. The second-order valence-corrected chi connectivity index (χ2v) is 5.54. The minimum Gasteiger partial charge on any atom is -0.348 e. The van der Waals surface area contributed by atoms with Gasteiger partial charge in [-0.2, -0.15) is 0 Å². The maximum Gasteiger partial charge on any atom is 0.268 e. The summed E-state index contributed by atoms with van der Waals surface area (Å²) in [5.74, 6) is -0.542. The van der Waals surface area contributed by atoms with Crippen LogP contribution in [-0.4, -0.2) is 17.9 Å². The van der Waals surface area contributed by atoms with E-state index in [4.69, 9.17) is 0 Å². The van der Waals surface area contributed by atoms with Crippen LogP contribution in [0.25, 0.3) is 6.08 Å². The predicted octanol–water partition coefficient (Wildman–Crippen LogP) is 2.74. The second kappa shape index (κ2) is 6.92. The zero-order chi connectivity index (χ0) is 16.1. The van der Waals surface area contributed by atoms with Gasteiger partial charge in [0.05, 0.1) is 0 Å². The van der Waals surface area contributed by atoms with Gasteiger partial charge in [-0.25, -0.2) is 0 Å². The molecule has 2 aromatic carbocycles. The molecule has 3 rings (SSSR count). The molecular formula is C19H18N2O2. The minimum atomic E-state index is -0.293. The Kier molecular flexibility index (Phi) is 4.52. The van der Waals surface area contributed by atoms with Gasteiger partial charge in [0.25, 0.3) is 11.8 Å². The lowest BCUT2D eigenvalue weighted by molar-refractivity contribution is -0.117. The summed E-state index contributed by atoms with van der Waals surface area (Å²) in [6, 6.07) is 18.6. The highest BCUT2D eigenvalue weighted by molar-refractivity contribution is 6.05.